The average Bonchev–Trinajstić information content (AvgIpc) is 3.31. The van der Waals surface area contributed by atoms with E-state index in [4.69, 9.17) is 0 Å². The van der Waals surface area contributed by atoms with Crippen LogP contribution < -0.4 is 0 Å². The highest BCUT2D eigenvalue weighted by Crippen LogP contribution is 2.34. The van der Waals surface area contributed by atoms with E-state index in [2.05, 4.69) is 10.2 Å². The van der Waals surface area contributed by atoms with Crippen LogP contribution in [-0.4, -0.2) is 57.0 Å². The number of aromatic amines is 1. The number of rotatable bonds is 5. The normalized spacial score (nSPS) is 21.9. The van der Waals surface area contributed by atoms with Crippen LogP contribution in [0, 0.1) is 5.41 Å². The molecule has 2 aromatic carbocycles. The number of carbonyl (C=O) groups is 1. The first kappa shape index (κ1) is 19.4. The summed E-state index contributed by atoms with van der Waals surface area (Å²) in [6.45, 7) is 0.600. The van der Waals surface area contributed by atoms with E-state index in [1.807, 2.05) is 48.5 Å². The van der Waals surface area contributed by atoms with Crippen LogP contribution in [0.5, 0.6) is 0 Å². The van der Waals surface area contributed by atoms with Crippen molar-refractivity contribution < 1.29 is 15.0 Å². The summed E-state index contributed by atoms with van der Waals surface area (Å²) in [5.41, 5.74) is 2.70. The third-order valence-corrected chi connectivity index (χ3v) is 5.83. The minimum absolute atomic E-state index is 0.0897. The molecule has 1 aliphatic rings. The van der Waals surface area contributed by atoms with Crippen molar-refractivity contribution in [1.82, 2.24) is 15.1 Å². The van der Waals surface area contributed by atoms with E-state index < -0.39 is 11.5 Å². The summed E-state index contributed by atoms with van der Waals surface area (Å²) >= 11 is 0. The van der Waals surface area contributed by atoms with E-state index in [0.717, 1.165) is 16.7 Å². The second-order valence-corrected chi connectivity index (χ2v) is 7.78. The summed E-state index contributed by atoms with van der Waals surface area (Å²) in [5.74, 6) is -0.0897. The van der Waals surface area contributed by atoms with Gasteiger partial charge in [-0.2, -0.15) is 5.10 Å². The number of H-pyrrole nitrogens is 1. The Balaban J connectivity index is 1.57. The highest BCUT2D eigenvalue weighted by molar-refractivity contribution is 5.95. The fourth-order valence-electron chi connectivity index (χ4n) is 4.13. The lowest BCUT2D eigenvalue weighted by atomic mass is 9.73. The van der Waals surface area contributed by atoms with Gasteiger partial charge in [0.1, 0.15) is 0 Å². The van der Waals surface area contributed by atoms with Gasteiger partial charge in [0.15, 0.2) is 0 Å². The second-order valence-electron chi connectivity index (χ2n) is 7.78. The molecule has 0 bridgehead atoms. The molecule has 4 rings (SSSR count). The number of likely N-dealkylation sites (tertiary alicyclic amines) is 1. The Labute approximate surface area is 169 Å². The minimum atomic E-state index is -0.766. The van der Waals surface area contributed by atoms with Crippen LogP contribution in [0.2, 0.25) is 0 Å². The smallest absolute Gasteiger partial charge is 0.253 e. The zero-order valence-electron chi connectivity index (χ0n) is 16.2. The van der Waals surface area contributed by atoms with Crippen molar-refractivity contribution in [2.45, 2.75) is 18.9 Å². The molecule has 29 heavy (non-hydrogen) atoms. The number of hydrogen-bond acceptors (Lipinski definition) is 4. The number of aliphatic hydroxyl groups is 2. The van der Waals surface area contributed by atoms with Gasteiger partial charge in [0.2, 0.25) is 0 Å². The first-order valence-corrected chi connectivity index (χ1v) is 9.83. The summed E-state index contributed by atoms with van der Waals surface area (Å²) in [5, 5.41) is 27.7. The van der Waals surface area contributed by atoms with E-state index in [1.165, 1.54) is 0 Å². The van der Waals surface area contributed by atoms with Gasteiger partial charge in [-0.3, -0.25) is 9.89 Å². The van der Waals surface area contributed by atoms with Gasteiger partial charge in [-0.05, 0) is 36.1 Å². The Morgan fingerprint density at radius 3 is 2.72 bits per heavy atom. The molecule has 1 amide bonds. The molecule has 2 heterocycles. The third-order valence-electron chi connectivity index (χ3n) is 5.83. The number of carbonyl (C=O) groups excluding carboxylic acids is 1. The fourth-order valence-corrected chi connectivity index (χ4v) is 4.13. The predicted molar refractivity (Wildman–Crippen MR) is 110 cm³/mol. The first-order valence-electron chi connectivity index (χ1n) is 9.83. The van der Waals surface area contributed by atoms with Gasteiger partial charge >= 0.3 is 0 Å². The van der Waals surface area contributed by atoms with Gasteiger partial charge in [-0.1, -0.05) is 42.5 Å². The summed E-state index contributed by atoms with van der Waals surface area (Å²) in [7, 11) is 0. The lowest BCUT2D eigenvalue weighted by Crippen LogP contribution is -2.56. The maximum Gasteiger partial charge on any atom is 0.253 e. The lowest BCUT2D eigenvalue weighted by molar-refractivity contribution is -0.0668. The Hall–Kier alpha value is -2.96. The number of aromatic nitrogens is 2. The number of benzene rings is 2. The van der Waals surface area contributed by atoms with Crippen LogP contribution in [0.15, 0.2) is 67.0 Å². The van der Waals surface area contributed by atoms with Gasteiger partial charge in [0.05, 0.1) is 18.9 Å². The van der Waals surface area contributed by atoms with E-state index in [-0.39, 0.29) is 12.5 Å². The molecule has 0 unspecified atom stereocenters. The molecule has 0 spiro atoms. The van der Waals surface area contributed by atoms with Gasteiger partial charge in [0.25, 0.3) is 5.91 Å². The van der Waals surface area contributed by atoms with Crippen molar-refractivity contribution in [3.63, 3.8) is 0 Å². The molecule has 1 fully saturated rings. The Morgan fingerprint density at radius 1 is 1.17 bits per heavy atom. The van der Waals surface area contributed by atoms with Gasteiger partial charge in [0, 0.05) is 35.8 Å². The van der Waals surface area contributed by atoms with Crippen LogP contribution in [0.25, 0.3) is 11.1 Å². The molecule has 0 saturated carbocycles. The number of amides is 1. The van der Waals surface area contributed by atoms with Crippen molar-refractivity contribution >= 4 is 5.91 Å². The molecule has 3 N–H and O–H groups in total. The van der Waals surface area contributed by atoms with E-state index in [0.29, 0.717) is 31.5 Å². The summed E-state index contributed by atoms with van der Waals surface area (Å²) in [4.78, 5) is 15.0. The average molecular weight is 391 g/mol. The monoisotopic (exact) mass is 391 g/mol. The van der Waals surface area contributed by atoms with Gasteiger partial charge < -0.3 is 15.1 Å². The zero-order valence-corrected chi connectivity index (χ0v) is 16.2. The summed E-state index contributed by atoms with van der Waals surface area (Å²) in [6.07, 6.45) is 3.81. The number of aliphatic hydroxyl groups excluding tert-OH is 2. The summed E-state index contributed by atoms with van der Waals surface area (Å²) in [6, 6.07) is 17.3. The van der Waals surface area contributed by atoms with Crippen molar-refractivity contribution in [2.75, 3.05) is 19.7 Å². The zero-order chi connectivity index (χ0) is 20.3. The Kier molecular flexibility index (Phi) is 5.47. The quantitative estimate of drug-likeness (QED) is 0.623. The molecule has 150 valence electrons. The van der Waals surface area contributed by atoms with Crippen LogP contribution in [0.1, 0.15) is 22.3 Å². The van der Waals surface area contributed by atoms with E-state index in [9.17, 15) is 15.0 Å². The minimum Gasteiger partial charge on any atom is -0.396 e. The van der Waals surface area contributed by atoms with Crippen molar-refractivity contribution in [1.29, 1.82) is 0 Å². The molecule has 1 aliphatic heterocycles. The van der Waals surface area contributed by atoms with Crippen molar-refractivity contribution in [3.8, 4) is 11.1 Å². The SMILES string of the molecule is O=C(c1cccc(-c2cn[nH]c2)c1)N1CC[C@@H](O)[C@@](CO)(Cc2ccccc2)C1. The van der Waals surface area contributed by atoms with E-state index >= 15 is 0 Å². The third kappa shape index (κ3) is 3.95. The molecular weight excluding hydrogens is 366 g/mol. The fraction of sp³-hybridized carbons (Fsp3) is 0.304. The highest BCUT2D eigenvalue weighted by Gasteiger charge is 2.43. The predicted octanol–water partition coefficient (Wildman–Crippen LogP) is 2.50. The standard InChI is InChI=1S/C23H25N3O3/c27-16-23(12-17-5-2-1-3-6-17)15-26(10-9-21(23)28)22(29)19-8-4-7-18(11-19)20-13-24-25-14-20/h1-8,11,13-14,21,27-28H,9-10,12,15-16H2,(H,24,25)/t21-,23+/m1/s1. The maximum absolute atomic E-state index is 13.2. The molecule has 3 aromatic rings. The molecular formula is C23H25N3O3. The van der Waals surface area contributed by atoms with Crippen LogP contribution >= 0.6 is 0 Å². The van der Waals surface area contributed by atoms with E-state index in [1.54, 1.807) is 23.4 Å². The number of nitrogens with one attached hydrogen (secondary N) is 1. The molecule has 1 aromatic heterocycles. The topological polar surface area (TPSA) is 89.5 Å². The summed E-state index contributed by atoms with van der Waals surface area (Å²) < 4.78 is 0. The molecule has 6 heteroatoms. The van der Waals surface area contributed by atoms with Crippen LogP contribution in [0.4, 0.5) is 0 Å². The Bertz CT molecular complexity index is 959. The molecule has 2 atom stereocenters. The van der Waals surface area contributed by atoms with Crippen LogP contribution in [0.3, 0.4) is 0 Å². The number of piperidine rings is 1. The number of hydrogen-bond donors (Lipinski definition) is 3. The van der Waals surface area contributed by atoms with Gasteiger partial charge in [-0.15, -0.1) is 0 Å². The molecule has 0 aliphatic carbocycles. The van der Waals surface area contributed by atoms with Crippen molar-refractivity contribution in [2.24, 2.45) is 5.41 Å². The Morgan fingerprint density at radius 2 is 2.00 bits per heavy atom. The van der Waals surface area contributed by atoms with Gasteiger partial charge in [-0.25, -0.2) is 0 Å². The van der Waals surface area contributed by atoms with Crippen molar-refractivity contribution in [3.05, 3.63) is 78.1 Å². The largest absolute Gasteiger partial charge is 0.396 e. The molecule has 1 saturated heterocycles. The molecule has 6 nitrogen and oxygen atoms in total. The first-order chi connectivity index (χ1) is 14.1. The van der Waals surface area contributed by atoms with Crippen LogP contribution in [-0.2, 0) is 6.42 Å². The molecule has 0 radical (unpaired) electrons. The second kappa shape index (κ2) is 8.19. The lowest BCUT2D eigenvalue weighted by Gasteiger charge is -2.45. The highest BCUT2D eigenvalue weighted by atomic mass is 16.3. The maximum atomic E-state index is 13.2. The number of nitrogens with zero attached hydrogens (tertiary/aromatic N) is 2.